The van der Waals surface area contributed by atoms with Crippen molar-refractivity contribution in [3.8, 4) is 62.1 Å². The predicted molar refractivity (Wildman–Crippen MR) is 229 cm³/mol. The average Bonchev–Trinajstić information content (AvgIpc) is 3.97. The largest absolute Gasteiger partial charge is 0.456 e. The minimum atomic E-state index is -0.661. The van der Waals surface area contributed by atoms with Crippen molar-refractivity contribution < 1.29 is 25.0 Å². The monoisotopic (exact) mass is 731 g/mol. The molecule has 5 heteroatoms. The molecular formula is C51H32N4O. The average molecular weight is 732 g/mol. The van der Waals surface area contributed by atoms with Gasteiger partial charge < -0.3 is 8.98 Å². The number of fused-ring (bicyclic) bond motifs is 6. The zero-order valence-electron chi connectivity index (χ0n) is 44.0. The molecule has 11 aromatic rings. The van der Waals surface area contributed by atoms with E-state index in [1.54, 1.807) is 6.07 Å². The van der Waals surface area contributed by atoms with Crippen LogP contribution in [0.4, 0.5) is 0 Å². The minimum Gasteiger partial charge on any atom is -0.456 e. The second-order valence-electron chi connectivity index (χ2n) is 12.9. The molecule has 0 saturated heterocycles. The van der Waals surface area contributed by atoms with Crippen LogP contribution in [0, 0.1) is 0 Å². The quantitative estimate of drug-likeness (QED) is 0.171. The van der Waals surface area contributed by atoms with Crippen LogP contribution >= 0.6 is 0 Å². The maximum atomic E-state index is 9.38. The maximum Gasteiger partial charge on any atom is 0.166 e. The molecule has 262 valence electrons. The Morgan fingerprint density at radius 2 is 0.929 bits per heavy atom. The molecule has 5 nitrogen and oxygen atoms in total. The van der Waals surface area contributed by atoms with E-state index in [0.29, 0.717) is 11.1 Å². The van der Waals surface area contributed by atoms with Crippen LogP contribution in [-0.4, -0.2) is 19.5 Å². The number of furan rings is 1. The molecule has 0 amide bonds. The first kappa shape index (κ1) is 20.2. The second-order valence-corrected chi connectivity index (χ2v) is 12.9. The van der Waals surface area contributed by atoms with Gasteiger partial charge in [0.25, 0.3) is 0 Å². The smallest absolute Gasteiger partial charge is 0.166 e. The normalized spacial score (nSPS) is 15.3. The standard InChI is InChI=1S/C51H32N4O/c1-3-14-33(15-4-1)34-26-28-36(29-27-34)50-52-49(35-16-5-2-6-17-35)53-51(54-50)41-31-30-37(38-21-13-25-47-48(38)42-20-9-12-24-46(42)56-47)32-45(41)55-43-22-10-7-18-39(43)40-19-8-11-23-44(40)55/h1-32H/i7D,8D,9D,10D,11D,12D,13D,18D,19D,20D,21D,22D,23D,24D,25D. The van der Waals surface area contributed by atoms with Crippen molar-refractivity contribution in [3.05, 3.63) is 194 Å². The highest BCUT2D eigenvalue weighted by atomic mass is 16.3. The van der Waals surface area contributed by atoms with Gasteiger partial charge in [-0.1, -0.05) is 157 Å². The van der Waals surface area contributed by atoms with Gasteiger partial charge in [-0.2, -0.15) is 0 Å². The van der Waals surface area contributed by atoms with E-state index >= 15 is 0 Å². The van der Waals surface area contributed by atoms with Gasteiger partial charge in [-0.3, -0.25) is 0 Å². The number of rotatable bonds is 6. The highest BCUT2D eigenvalue weighted by molar-refractivity contribution is 6.13. The van der Waals surface area contributed by atoms with Gasteiger partial charge in [0.1, 0.15) is 11.2 Å². The van der Waals surface area contributed by atoms with Crippen molar-refractivity contribution in [1.82, 2.24) is 19.5 Å². The van der Waals surface area contributed by atoms with Crippen LogP contribution in [0.1, 0.15) is 20.6 Å². The molecular weight excluding hydrogens is 685 g/mol. The Morgan fingerprint density at radius 1 is 0.411 bits per heavy atom. The summed E-state index contributed by atoms with van der Waals surface area (Å²) in [5.74, 6) is 0.479. The highest BCUT2D eigenvalue weighted by Crippen LogP contribution is 2.41. The summed E-state index contributed by atoms with van der Waals surface area (Å²) in [7, 11) is 0. The van der Waals surface area contributed by atoms with E-state index in [1.807, 2.05) is 84.9 Å². The van der Waals surface area contributed by atoms with Gasteiger partial charge in [-0.15, -0.1) is 0 Å². The van der Waals surface area contributed by atoms with Crippen LogP contribution in [-0.2, 0) is 0 Å². The number of hydrogen-bond acceptors (Lipinski definition) is 4. The van der Waals surface area contributed by atoms with E-state index < -0.39 is 90.6 Å². The lowest BCUT2D eigenvalue weighted by molar-refractivity contribution is 0.669. The molecule has 0 saturated carbocycles. The fourth-order valence-corrected chi connectivity index (χ4v) is 7.08. The molecule has 0 atom stereocenters. The van der Waals surface area contributed by atoms with Crippen molar-refractivity contribution in [2.24, 2.45) is 0 Å². The summed E-state index contributed by atoms with van der Waals surface area (Å²) >= 11 is 0. The van der Waals surface area contributed by atoms with Crippen LogP contribution in [0.3, 0.4) is 0 Å². The highest BCUT2D eigenvalue weighted by Gasteiger charge is 2.21. The van der Waals surface area contributed by atoms with Crippen molar-refractivity contribution in [2.75, 3.05) is 0 Å². The molecule has 11 rings (SSSR count). The van der Waals surface area contributed by atoms with E-state index in [4.69, 9.17) is 35.8 Å². The summed E-state index contributed by atoms with van der Waals surface area (Å²) < 4.78 is 141. The Balaban J connectivity index is 1.30. The van der Waals surface area contributed by atoms with Crippen molar-refractivity contribution in [3.63, 3.8) is 0 Å². The van der Waals surface area contributed by atoms with Gasteiger partial charge in [0.2, 0.25) is 0 Å². The van der Waals surface area contributed by atoms with Gasteiger partial charge in [0.05, 0.1) is 37.3 Å². The SMILES string of the molecule is [2H]c1c([2H])c([2H])c2c(oc3c([2H])c([2H])c([2H])c(-c4ccc(-c5nc(-c6ccccc6)nc(-c6ccc(-c7ccccc7)cc6)n5)c(-n5c6c([2H])c([2H])c([2H])c([2H])c6c6c([2H])c([2H])c([2H])c([2H])c65)c4)c32)c1[2H]. The number of benzene rings is 8. The molecule has 0 aliphatic rings. The molecule has 0 bridgehead atoms. The first-order valence-electron chi connectivity index (χ1n) is 25.1. The predicted octanol–water partition coefficient (Wildman–Crippen LogP) is 13.2. The van der Waals surface area contributed by atoms with Gasteiger partial charge in [0.15, 0.2) is 17.5 Å². The van der Waals surface area contributed by atoms with Crippen LogP contribution in [0.15, 0.2) is 198 Å². The Bertz CT molecular complexity index is 4030. The van der Waals surface area contributed by atoms with Crippen LogP contribution in [0.2, 0.25) is 0 Å². The van der Waals surface area contributed by atoms with E-state index in [9.17, 15) is 4.11 Å². The number of nitrogens with zero attached hydrogens (tertiary/aromatic N) is 4. The van der Waals surface area contributed by atoms with Crippen LogP contribution < -0.4 is 0 Å². The van der Waals surface area contributed by atoms with Crippen LogP contribution in [0.5, 0.6) is 0 Å². The number of aromatic nitrogens is 4. The molecule has 0 aliphatic heterocycles. The van der Waals surface area contributed by atoms with Gasteiger partial charge in [-0.05, 0) is 58.6 Å². The van der Waals surface area contributed by atoms with Gasteiger partial charge in [0, 0.05) is 38.2 Å². The third-order valence-electron chi connectivity index (χ3n) is 9.67. The molecule has 0 N–H and O–H groups in total. The van der Waals surface area contributed by atoms with Gasteiger partial charge in [-0.25, -0.2) is 15.0 Å². The van der Waals surface area contributed by atoms with Crippen molar-refractivity contribution in [2.45, 2.75) is 0 Å². The molecule has 0 fully saturated rings. The Hall–Kier alpha value is -7.63. The number of para-hydroxylation sites is 3. The first-order chi connectivity index (χ1) is 34.0. The summed E-state index contributed by atoms with van der Waals surface area (Å²) in [5.41, 5.74) is 2.20. The first-order valence-corrected chi connectivity index (χ1v) is 17.6. The maximum absolute atomic E-state index is 9.38. The summed E-state index contributed by atoms with van der Waals surface area (Å²) in [6, 6.07) is 22.1. The zero-order valence-corrected chi connectivity index (χ0v) is 29.0. The Labute approximate surface area is 343 Å². The minimum absolute atomic E-state index is 0.0148. The third kappa shape index (κ3) is 5.29. The summed E-state index contributed by atoms with van der Waals surface area (Å²) in [4.78, 5) is 14.9. The summed E-state index contributed by atoms with van der Waals surface area (Å²) in [6.45, 7) is 0. The lowest BCUT2D eigenvalue weighted by atomic mass is 9.97. The molecule has 0 aliphatic carbocycles. The van der Waals surface area contributed by atoms with Crippen LogP contribution in [0.25, 0.3) is 106 Å². The Morgan fingerprint density at radius 3 is 1.62 bits per heavy atom. The molecule has 8 aromatic carbocycles. The lowest BCUT2D eigenvalue weighted by Gasteiger charge is -2.17. The second kappa shape index (κ2) is 13.0. The Kier molecular flexibility index (Phi) is 4.70. The molecule has 0 radical (unpaired) electrons. The fraction of sp³-hybridized carbons (Fsp3) is 0. The molecule has 3 heterocycles. The zero-order chi connectivity index (χ0) is 50.1. The number of hydrogen-bond donors (Lipinski definition) is 0. The molecule has 0 unspecified atom stereocenters. The van der Waals surface area contributed by atoms with E-state index in [0.717, 1.165) is 11.1 Å². The topological polar surface area (TPSA) is 56.7 Å². The van der Waals surface area contributed by atoms with E-state index in [-0.39, 0.29) is 83.6 Å². The van der Waals surface area contributed by atoms with Gasteiger partial charge >= 0.3 is 0 Å². The third-order valence-corrected chi connectivity index (χ3v) is 9.67. The van der Waals surface area contributed by atoms with Crippen molar-refractivity contribution >= 4 is 43.7 Å². The fourth-order valence-electron chi connectivity index (χ4n) is 7.08. The molecule has 0 spiro atoms. The molecule has 3 aromatic heterocycles. The summed E-state index contributed by atoms with van der Waals surface area (Å²) in [6.07, 6.45) is 0. The summed E-state index contributed by atoms with van der Waals surface area (Å²) in [5, 5.41) is -0.639. The van der Waals surface area contributed by atoms with E-state index in [1.165, 1.54) is 16.7 Å². The lowest BCUT2D eigenvalue weighted by Crippen LogP contribution is -2.04. The van der Waals surface area contributed by atoms with E-state index in [2.05, 4.69) is 0 Å². The molecule has 56 heavy (non-hydrogen) atoms. The van der Waals surface area contributed by atoms with Crippen molar-refractivity contribution in [1.29, 1.82) is 0 Å².